The number of aliphatic hydroxyl groups is 1. The molecular formula is C19H21N5O2. The molecule has 2 aliphatic rings. The number of nitrogens with zero attached hydrogens (tertiary/aromatic N) is 4. The Kier molecular flexibility index (Phi) is 4.00. The molecule has 134 valence electrons. The molecule has 2 heterocycles. The number of aliphatic hydroxyl groups excluding tert-OH is 1. The topological polar surface area (TPSA) is 104 Å². The Labute approximate surface area is 151 Å². The first-order valence-electron chi connectivity index (χ1n) is 8.93. The van der Waals surface area contributed by atoms with Gasteiger partial charge in [-0.3, -0.25) is 4.79 Å². The molecule has 0 unspecified atom stereocenters. The molecule has 4 rings (SSSR count). The fraction of sp³-hybridized carbons (Fsp3) is 0.474. The van der Waals surface area contributed by atoms with Crippen LogP contribution in [0.4, 0.5) is 0 Å². The lowest BCUT2D eigenvalue weighted by molar-refractivity contribution is 0.0890. The largest absolute Gasteiger partial charge is 0.394 e. The van der Waals surface area contributed by atoms with Gasteiger partial charge in [-0.05, 0) is 30.7 Å². The average Bonchev–Trinajstić information content (AvgIpc) is 3.14. The second kappa shape index (κ2) is 6.22. The molecule has 26 heavy (non-hydrogen) atoms. The monoisotopic (exact) mass is 351 g/mol. The Balaban J connectivity index is 1.73. The zero-order valence-electron chi connectivity index (χ0n) is 14.8. The lowest BCUT2D eigenvalue weighted by Gasteiger charge is -2.19. The molecular weight excluding hydrogens is 330 g/mol. The molecule has 1 saturated carbocycles. The highest BCUT2D eigenvalue weighted by Crippen LogP contribution is 2.57. The van der Waals surface area contributed by atoms with Crippen molar-refractivity contribution in [3.8, 4) is 11.9 Å². The van der Waals surface area contributed by atoms with Crippen LogP contribution < -0.4 is 5.32 Å². The fourth-order valence-electron chi connectivity index (χ4n) is 3.74. The van der Waals surface area contributed by atoms with Crippen molar-refractivity contribution < 1.29 is 9.90 Å². The first-order valence-corrected chi connectivity index (χ1v) is 8.93. The number of rotatable bonds is 5. The van der Waals surface area contributed by atoms with E-state index in [1.54, 1.807) is 23.0 Å². The van der Waals surface area contributed by atoms with Crippen LogP contribution in [0.25, 0.3) is 5.82 Å². The maximum Gasteiger partial charge on any atom is 0.272 e. The third-order valence-electron chi connectivity index (χ3n) is 5.39. The normalized spacial score (nSPS) is 21.0. The number of amides is 1. The van der Waals surface area contributed by atoms with E-state index in [0.717, 1.165) is 24.1 Å². The van der Waals surface area contributed by atoms with Crippen LogP contribution in [-0.2, 0) is 6.42 Å². The molecule has 7 heteroatoms. The Morgan fingerprint density at radius 3 is 3.04 bits per heavy atom. The van der Waals surface area contributed by atoms with Crippen molar-refractivity contribution in [3.63, 3.8) is 0 Å². The Hall–Kier alpha value is -2.72. The molecule has 0 spiro atoms. The highest BCUT2D eigenvalue weighted by Gasteiger charge is 2.50. The number of carbonyl (C=O) groups excluding carboxylic acids is 1. The molecule has 2 aromatic rings. The van der Waals surface area contributed by atoms with Crippen LogP contribution in [0.5, 0.6) is 0 Å². The van der Waals surface area contributed by atoms with Gasteiger partial charge in [-0.25, -0.2) is 9.67 Å². The minimum absolute atomic E-state index is 0.108. The number of nitrogens with one attached hydrogen (secondary N) is 1. The summed E-state index contributed by atoms with van der Waals surface area (Å²) in [5.41, 5.74) is 2.95. The van der Waals surface area contributed by atoms with Gasteiger partial charge < -0.3 is 10.4 Å². The van der Waals surface area contributed by atoms with E-state index in [2.05, 4.69) is 21.5 Å². The maximum atomic E-state index is 12.8. The van der Waals surface area contributed by atoms with Crippen molar-refractivity contribution in [1.29, 1.82) is 5.26 Å². The van der Waals surface area contributed by atoms with Gasteiger partial charge in [0.1, 0.15) is 0 Å². The quantitative estimate of drug-likeness (QED) is 0.850. The van der Waals surface area contributed by atoms with Gasteiger partial charge in [-0.1, -0.05) is 13.8 Å². The van der Waals surface area contributed by atoms with Gasteiger partial charge in [0, 0.05) is 23.7 Å². The van der Waals surface area contributed by atoms with E-state index in [0.29, 0.717) is 28.9 Å². The van der Waals surface area contributed by atoms with Gasteiger partial charge in [-0.15, -0.1) is 0 Å². The van der Waals surface area contributed by atoms with Gasteiger partial charge in [-0.2, -0.15) is 10.4 Å². The SMILES string of the molecule is CC(C)[C@@H](CO)NC(=O)c1nn(-c2cc(C#N)ccn2)c2c1C[C@H]1C[C@@H]21. The minimum atomic E-state index is -0.306. The lowest BCUT2D eigenvalue weighted by atomic mass is 10.0. The summed E-state index contributed by atoms with van der Waals surface area (Å²) in [7, 11) is 0. The number of fused-ring (bicyclic) bond motifs is 3. The second-order valence-corrected chi connectivity index (χ2v) is 7.45. The van der Waals surface area contributed by atoms with Gasteiger partial charge in [0.05, 0.1) is 30.0 Å². The molecule has 2 aliphatic carbocycles. The molecule has 7 nitrogen and oxygen atoms in total. The molecule has 0 aliphatic heterocycles. The summed E-state index contributed by atoms with van der Waals surface area (Å²) in [5, 5.41) is 26.1. The Morgan fingerprint density at radius 2 is 2.35 bits per heavy atom. The Morgan fingerprint density at radius 1 is 1.54 bits per heavy atom. The third kappa shape index (κ3) is 2.67. The van der Waals surface area contributed by atoms with E-state index < -0.39 is 0 Å². The van der Waals surface area contributed by atoms with Gasteiger partial charge in [0.25, 0.3) is 5.91 Å². The molecule has 1 fully saturated rings. The first kappa shape index (κ1) is 16.7. The van der Waals surface area contributed by atoms with Gasteiger partial charge in [0.15, 0.2) is 11.5 Å². The molecule has 2 N–H and O–H groups in total. The third-order valence-corrected chi connectivity index (χ3v) is 5.39. The smallest absolute Gasteiger partial charge is 0.272 e. The van der Waals surface area contributed by atoms with E-state index in [1.807, 2.05) is 13.8 Å². The zero-order chi connectivity index (χ0) is 18.4. The summed E-state index contributed by atoms with van der Waals surface area (Å²) in [6.07, 6.45) is 3.55. The summed E-state index contributed by atoms with van der Waals surface area (Å²) in [6.45, 7) is 3.80. The van der Waals surface area contributed by atoms with Crippen molar-refractivity contribution in [1.82, 2.24) is 20.1 Å². The summed E-state index contributed by atoms with van der Waals surface area (Å²) in [4.78, 5) is 17.1. The zero-order valence-corrected chi connectivity index (χ0v) is 14.8. The van der Waals surface area contributed by atoms with Crippen LogP contribution in [0, 0.1) is 23.2 Å². The molecule has 0 saturated heterocycles. The highest BCUT2D eigenvalue weighted by atomic mass is 16.3. The van der Waals surface area contributed by atoms with Crippen LogP contribution in [0.1, 0.15) is 53.5 Å². The van der Waals surface area contributed by atoms with Crippen LogP contribution >= 0.6 is 0 Å². The first-order chi connectivity index (χ1) is 12.5. The van der Waals surface area contributed by atoms with E-state index in [1.165, 1.54) is 0 Å². The summed E-state index contributed by atoms with van der Waals surface area (Å²) < 4.78 is 1.73. The van der Waals surface area contributed by atoms with Crippen LogP contribution in [0.15, 0.2) is 18.3 Å². The number of aromatic nitrogens is 3. The molecule has 1 amide bonds. The predicted octanol–water partition coefficient (Wildman–Crippen LogP) is 1.55. The van der Waals surface area contributed by atoms with Crippen molar-refractivity contribution >= 4 is 5.91 Å². The Bertz CT molecular complexity index is 911. The van der Waals surface area contributed by atoms with Crippen molar-refractivity contribution in [2.24, 2.45) is 11.8 Å². The number of hydrogen-bond donors (Lipinski definition) is 2. The number of nitriles is 1. The predicted molar refractivity (Wildman–Crippen MR) is 93.8 cm³/mol. The number of pyridine rings is 1. The summed E-state index contributed by atoms with van der Waals surface area (Å²) in [6, 6.07) is 5.15. The van der Waals surface area contributed by atoms with Crippen molar-refractivity contribution in [2.45, 2.75) is 38.6 Å². The molecule has 3 atom stereocenters. The lowest BCUT2D eigenvalue weighted by Crippen LogP contribution is -2.41. The highest BCUT2D eigenvalue weighted by molar-refractivity contribution is 5.94. The number of carbonyl (C=O) groups is 1. The van der Waals surface area contributed by atoms with Crippen LogP contribution in [-0.4, -0.2) is 38.4 Å². The molecule has 2 aromatic heterocycles. The maximum absolute atomic E-state index is 12.8. The standard InChI is InChI=1S/C19H21N5O2/c1-10(2)15(9-25)22-19(26)17-14-7-12-6-13(12)18(14)24(23-17)16-5-11(8-20)3-4-21-16/h3-5,10,12-13,15,25H,6-7,9H2,1-2H3,(H,22,26)/t12-,13-,15-/m1/s1. The van der Waals surface area contributed by atoms with E-state index in [9.17, 15) is 9.90 Å². The van der Waals surface area contributed by atoms with Crippen molar-refractivity contribution in [3.05, 3.63) is 40.8 Å². The van der Waals surface area contributed by atoms with Crippen molar-refractivity contribution in [2.75, 3.05) is 6.61 Å². The van der Waals surface area contributed by atoms with E-state index >= 15 is 0 Å². The van der Waals surface area contributed by atoms with Crippen LogP contribution in [0.3, 0.4) is 0 Å². The average molecular weight is 351 g/mol. The molecule has 0 aromatic carbocycles. The molecule has 0 bridgehead atoms. The minimum Gasteiger partial charge on any atom is -0.394 e. The summed E-state index contributed by atoms with van der Waals surface area (Å²) >= 11 is 0. The van der Waals surface area contributed by atoms with E-state index in [4.69, 9.17) is 5.26 Å². The second-order valence-electron chi connectivity index (χ2n) is 7.45. The number of hydrogen-bond acceptors (Lipinski definition) is 5. The van der Waals surface area contributed by atoms with Gasteiger partial charge in [0.2, 0.25) is 0 Å². The molecule has 0 radical (unpaired) electrons. The fourth-order valence-corrected chi connectivity index (χ4v) is 3.74. The summed E-state index contributed by atoms with van der Waals surface area (Å²) in [5.74, 6) is 1.44. The van der Waals surface area contributed by atoms with Crippen LogP contribution in [0.2, 0.25) is 0 Å². The van der Waals surface area contributed by atoms with E-state index in [-0.39, 0.29) is 24.5 Å². The van der Waals surface area contributed by atoms with Gasteiger partial charge >= 0.3 is 0 Å².